The zero-order valence-corrected chi connectivity index (χ0v) is 11.2. The maximum atomic E-state index is 13.3. The van der Waals surface area contributed by atoms with Crippen LogP contribution in [0.4, 0.5) is 10.1 Å². The predicted molar refractivity (Wildman–Crippen MR) is 73.0 cm³/mol. The molecule has 20 heavy (non-hydrogen) atoms. The summed E-state index contributed by atoms with van der Waals surface area (Å²) in [5, 5.41) is 2.53. The van der Waals surface area contributed by atoms with Crippen molar-refractivity contribution in [2.75, 3.05) is 5.32 Å². The lowest BCUT2D eigenvalue weighted by molar-refractivity contribution is -0.116. The Bertz CT molecular complexity index is 710. The number of nitrogens with one attached hydrogen (secondary N) is 1. The summed E-state index contributed by atoms with van der Waals surface area (Å²) in [6, 6.07) is 5.76. The third kappa shape index (κ3) is 3.28. The molecule has 0 aliphatic carbocycles. The van der Waals surface area contributed by atoms with Crippen molar-refractivity contribution < 1.29 is 9.18 Å². The maximum absolute atomic E-state index is 13.3. The second-order valence-corrected chi connectivity index (χ2v) is 4.51. The molecule has 1 aromatic carbocycles. The van der Waals surface area contributed by atoms with Crippen molar-refractivity contribution in [2.24, 2.45) is 0 Å². The molecule has 0 aliphatic heterocycles. The smallest absolute Gasteiger partial charge is 0.253 e. The number of halogens is 1. The largest absolute Gasteiger partial charge is 0.324 e. The zero-order valence-electron chi connectivity index (χ0n) is 11.2. The van der Waals surface area contributed by atoms with Gasteiger partial charge in [-0.2, -0.15) is 0 Å². The monoisotopic (exact) mass is 275 g/mol. The summed E-state index contributed by atoms with van der Waals surface area (Å²) in [5.74, 6) is -0.807. The van der Waals surface area contributed by atoms with E-state index in [1.807, 2.05) is 0 Å². The summed E-state index contributed by atoms with van der Waals surface area (Å²) in [4.78, 5) is 27.4. The molecule has 0 radical (unpaired) electrons. The van der Waals surface area contributed by atoms with Gasteiger partial charge in [0.25, 0.3) is 5.56 Å². The molecule has 0 saturated heterocycles. The first kappa shape index (κ1) is 13.9. The first-order valence-corrected chi connectivity index (χ1v) is 6.05. The number of amides is 1. The topological polar surface area (TPSA) is 64.0 Å². The fraction of sp³-hybridized carbons (Fsp3) is 0.214. The average Bonchev–Trinajstić information content (AvgIpc) is 2.37. The van der Waals surface area contributed by atoms with Crippen molar-refractivity contribution in [3.8, 4) is 0 Å². The predicted octanol–water partition coefficient (Wildman–Crippen LogP) is 1.64. The van der Waals surface area contributed by atoms with Crippen LogP contribution in [0.1, 0.15) is 11.3 Å². The van der Waals surface area contributed by atoms with Gasteiger partial charge in [0.1, 0.15) is 12.4 Å². The summed E-state index contributed by atoms with van der Waals surface area (Å²) in [7, 11) is 0. The molecule has 6 heteroatoms. The Morgan fingerprint density at radius 2 is 2.10 bits per heavy atom. The molecular weight excluding hydrogens is 261 g/mol. The Morgan fingerprint density at radius 1 is 1.35 bits per heavy atom. The molecule has 0 aliphatic rings. The molecule has 1 heterocycles. The number of hydrogen-bond acceptors (Lipinski definition) is 3. The Morgan fingerprint density at radius 3 is 2.75 bits per heavy atom. The number of aromatic nitrogens is 2. The van der Waals surface area contributed by atoms with Gasteiger partial charge >= 0.3 is 0 Å². The van der Waals surface area contributed by atoms with Gasteiger partial charge in [0.15, 0.2) is 0 Å². The van der Waals surface area contributed by atoms with Gasteiger partial charge in [0, 0.05) is 17.4 Å². The van der Waals surface area contributed by atoms with Crippen LogP contribution in [0.25, 0.3) is 0 Å². The third-order valence-electron chi connectivity index (χ3n) is 2.79. The normalized spacial score (nSPS) is 10.3. The number of aryl methyl sites for hydroxylation is 2. The van der Waals surface area contributed by atoms with Gasteiger partial charge in [0.05, 0.1) is 6.33 Å². The van der Waals surface area contributed by atoms with Gasteiger partial charge < -0.3 is 5.32 Å². The molecule has 0 atom stereocenters. The highest BCUT2D eigenvalue weighted by atomic mass is 19.1. The number of carbonyl (C=O) groups excluding carboxylic acids is 1. The van der Waals surface area contributed by atoms with E-state index in [0.29, 0.717) is 16.9 Å². The number of carbonyl (C=O) groups is 1. The van der Waals surface area contributed by atoms with Gasteiger partial charge in [0.2, 0.25) is 5.91 Å². The van der Waals surface area contributed by atoms with Crippen molar-refractivity contribution in [3.63, 3.8) is 0 Å². The van der Waals surface area contributed by atoms with Gasteiger partial charge in [-0.3, -0.25) is 14.2 Å². The van der Waals surface area contributed by atoms with Crippen LogP contribution in [0, 0.1) is 19.7 Å². The van der Waals surface area contributed by atoms with Crippen molar-refractivity contribution in [2.45, 2.75) is 20.4 Å². The number of nitrogens with zero attached hydrogens (tertiary/aromatic N) is 2. The molecule has 5 nitrogen and oxygen atoms in total. The zero-order chi connectivity index (χ0) is 14.7. The van der Waals surface area contributed by atoms with E-state index in [-0.39, 0.29) is 12.1 Å². The van der Waals surface area contributed by atoms with E-state index >= 15 is 0 Å². The number of rotatable bonds is 3. The SMILES string of the molecule is Cc1cc(=O)n(CC(=O)Nc2ccc(C)c(F)c2)cn1. The fourth-order valence-corrected chi connectivity index (χ4v) is 1.66. The molecular formula is C14H14FN3O2. The van der Waals surface area contributed by atoms with Crippen molar-refractivity contribution in [3.05, 3.63) is 58.0 Å². The molecule has 1 amide bonds. The molecule has 1 aromatic heterocycles. The van der Waals surface area contributed by atoms with Gasteiger partial charge in [-0.25, -0.2) is 9.37 Å². The van der Waals surface area contributed by atoms with E-state index in [1.54, 1.807) is 26.0 Å². The summed E-state index contributed by atoms with van der Waals surface area (Å²) in [6.07, 6.45) is 1.31. The van der Waals surface area contributed by atoms with Crippen LogP contribution in [0.15, 0.2) is 35.4 Å². The van der Waals surface area contributed by atoms with E-state index < -0.39 is 11.7 Å². The molecule has 0 bridgehead atoms. The fourth-order valence-electron chi connectivity index (χ4n) is 1.66. The van der Waals surface area contributed by atoms with Gasteiger partial charge in [-0.05, 0) is 31.5 Å². The van der Waals surface area contributed by atoms with E-state index in [4.69, 9.17) is 0 Å². The quantitative estimate of drug-likeness (QED) is 0.926. The van der Waals surface area contributed by atoms with Crippen molar-refractivity contribution in [1.82, 2.24) is 9.55 Å². The van der Waals surface area contributed by atoms with Crippen LogP contribution >= 0.6 is 0 Å². The van der Waals surface area contributed by atoms with Gasteiger partial charge in [-0.15, -0.1) is 0 Å². The highest BCUT2D eigenvalue weighted by molar-refractivity contribution is 5.90. The molecule has 0 saturated carbocycles. The first-order chi connectivity index (χ1) is 9.45. The van der Waals surface area contributed by atoms with E-state index in [9.17, 15) is 14.0 Å². The Labute approximate surface area is 115 Å². The molecule has 2 aromatic rings. The van der Waals surface area contributed by atoms with E-state index in [1.165, 1.54) is 23.0 Å². The lowest BCUT2D eigenvalue weighted by Gasteiger charge is -2.08. The highest BCUT2D eigenvalue weighted by Gasteiger charge is 2.07. The molecule has 0 spiro atoms. The molecule has 1 N–H and O–H groups in total. The van der Waals surface area contributed by atoms with Crippen LogP contribution in [-0.4, -0.2) is 15.5 Å². The summed E-state index contributed by atoms with van der Waals surface area (Å²) < 4.78 is 14.5. The molecule has 0 fully saturated rings. The van der Waals surface area contributed by atoms with Crippen LogP contribution in [0.2, 0.25) is 0 Å². The minimum atomic E-state index is -0.416. The van der Waals surface area contributed by atoms with Crippen LogP contribution in [0.3, 0.4) is 0 Å². The molecule has 2 rings (SSSR count). The van der Waals surface area contributed by atoms with Crippen molar-refractivity contribution in [1.29, 1.82) is 0 Å². The number of benzene rings is 1. The Kier molecular flexibility index (Phi) is 3.93. The lowest BCUT2D eigenvalue weighted by atomic mass is 10.2. The standard InChI is InChI=1S/C14H14FN3O2/c1-9-3-4-11(6-12(9)15)17-13(19)7-18-8-16-10(2)5-14(18)20/h3-6,8H,7H2,1-2H3,(H,17,19). The second-order valence-electron chi connectivity index (χ2n) is 4.51. The van der Waals surface area contributed by atoms with Crippen molar-refractivity contribution >= 4 is 11.6 Å². The minimum Gasteiger partial charge on any atom is -0.324 e. The Hall–Kier alpha value is -2.50. The van der Waals surface area contributed by atoms with E-state index in [2.05, 4.69) is 10.3 Å². The second kappa shape index (κ2) is 5.64. The number of anilines is 1. The van der Waals surface area contributed by atoms with Crippen LogP contribution in [-0.2, 0) is 11.3 Å². The van der Waals surface area contributed by atoms with E-state index in [0.717, 1.165) is 0 Å². The number of hydrogen-bond donors (Lipinski definition) is 1. The molecule has 0 unspecified atom stereocenters. The van der Waals surface area contributed by atoms with Crippen LogP contribution in [0.5, 0.6) is 0 Å². The third-order valence-corrected chi connectivity index (χ3v) is 2.79. The highest BCUT2D eigenvalue weighted by Crippen LogP contribution is 2.13. The lowest BCUT2D eigenvalue weighted by Crippen LogP contribution is -2.27. The minimum absolute atomic E-state index is 0.165. The maximum Gasteiger partial charge on any atom is 0.253 e. The summed E-state index contributed by atoms with van der Waals surface area (Å²) in [6.45, 7) is 3.17. The van der Waals surface area contributed by atoms with Gasteiger partial charge in [-0.1, -0.05) is 6.07 Å². The molecule has 104 valence electrons. The summed E-state index contributed by atoms with van der Waals surface area (Å²) in [5.41, 5.74) is 1.14. The first-order valence-electron chi connectivity index (χ1n) is 6.05. The Balaban J connectivity index is 2.09. The average molecular weight is 275 g/mol. The van der Waals surface area contributed by atoms with Crippen LogP contribution < -0.4 is 10.9 Å². The summed E-state index contributed by atoms with van der Waals surface area (Å²) >= 11 is 0.